The normalized spacial score (nSPS) is 10.1. The van der Waals surface area contributed by atoms with Crippen LogP contribution in [0, 0.1) is 20.6 Å². The van der Waals surface area contributed by atoms with E-state index in [1.807, 2.05) is 0 Å². The van der Waals surface area contributed by atoms with Gasteiger partial charge in [-0.25, -0.2) is 9.97 Å². The molecule has 0 unspecified atom stereocenters. The van der Waals surface area contributed by atoms with Gasteiger partial charge in [-0.05, 0) is 41.1 Å². The van der Waals surface area contributed by atoms with Crippen LogP contribution in [-0.2, 0) is 0 Å². The molecule has 92 valence electrons. The Morgan fingerprint density at radius 2 is 2.00 bits per heavy atom. The third-order valence-electron chi connectivity index (χ3n) is 2.18. The Labute approximate surface area is 116 Å². The molecule has 0 spiro atoms. The number of nitro groups is 1. The summed E-state index contributed by atoms with van der Waals surface area (Å²) >= 11 is 2.08. The molecule has 0 bridgehead atoms. The molecule has 0 aliphatic carbocycles. The summed E-state index contributed by atoms with van der Waals surface area (Å²) in [5.41, 5.74) is 0.754. The van der Waals surface area contributed by atoms with Crippen molar-refractivity contribution in [2.24, 2.45) is 0 Å². The summed E-state index contributed by atoms with van der Waals surface area (Å²) in [5, 5.41) is 10.7. The van der Waals surface area contributed by atoms with Gasteiger partial charge in [-0.3, -0.25) is 10.1 Å². The zero-order chi connectivity index (χ0) is 13.1. The summed E-state index contributed by atoms with van der Waals surface area (Å²) in [7, 11) is 0. The van der Waals surface area contributed by atoms with Crippen molar-refractivity contribution < 1.29 is 9.66 Å². The van der Waals surface area contributed by atoms with Crippen LogP contribution in [0.4, 0.5) is 5.69 Å². The molecule has 0 aliphatic heterocycles. The number of aryl methyl sites for hydroxylation is 1. The predicted octanol–water partition coefficient (Wildman–Crippen LogP) is 3.09. The van der Waals surface area contributed by atoms with Crippen LogP contribution in [0.25, 0.3) is 0 Å². The number of halogens is 1. The molecule has 6 nitrogen and oxygen atoms in total. The molecule has 2 rings (SSSR count). The molecular weight excluding hydrogens is 349 g/mol. The number of nitro benzene ring substituents is 1. The highest BCUT2D eigenvalue weighted by Crippen LogP contribution is 2.27. The number of non-ortho nitro benzene ring substituents is 1. The molecule has 0 atom stereocenters. The summed E-state index contributed by atoms with van der Waals surface area (Å²) in [6.07, 6.45) is 3.21. The van der Waals surface area contributed by atoms with Crippen LogP contribution in [0.5, 0.6) is 11.8 Å². The molecule has 0 saturated heterocycles. The molecule has 0 N–H and O–H groups in total. The average molecular weight is 357 g/mol. The second-order valence-electron chi connectivity index (χ2n) is 3.49. The standard InChI is InChI=1S/C11H8IN3O3/c1-7-2-3-9(15(16)17)4-10(7)18-11-13-5-8(12)6-14-11/h2-6H,1H3. The van der Waals surface area contributed by atoms with E-state index in [0.717, 1.165) is 9.13 Å². The van der Waals surface area contributed by atoms with Crippen molar-refractivity contribution >= 4 is 28.3 Å². The molecule has 1 aromatic heterocycles. The number of ether oxygens (including phenoxy) is 1. The van der Waals surface area contributed by atoms with Gasteiger partial charge >= 0.3 is 6.01 Å². The second-order valence-corrected chi connectivity index (χ2v) is 4.74. The first-order valence-corrected chi connectivity index (χ1v) is 6.04. The van der Waals surface area contributed by atoms with Crippen molar-refractivity contribution in [2.75, 3.05) is 0 Å². The van der Waals surface area contributed by atoms with E-state index >= 15 is 0 Å². The van der Waals surface area contributed by atoms with E-state index < -0.39 is 4.92 Å². The molecule has 0 amide bonds. The Balaban J connectivity index is 2.30. The Hall–Kier alpha value is -1.77. The minimum atomic E-state index is -0.471. The van der Waals surface area contributed by atoms with E-state index in [-0.39, 0.29) is 11.7 Å². The van der Waals surface area contributed by atoms with Gasteiger partial charge in [-0.2, -0.15) is 0 Å². The quantitative estimate of drug-likeness (QED) is 0.479. The summed E-state index contributed by atoms with van der Waals surface area (Å²) in [5.74, 6) is 0.380. The third-order valence-corrected chi connectivity index (χ3v) is 2.74. The molecule has 1 aromatic carbocycles. The smallest absolute Gasteiger partial charge is 0.321 e. The minimum absolute atomic E-state index is 0.0267. The summed E-state index contributed by atoms with van der Waals surface area (Å²) in [6.45, 7) is 1.80. The van der Waals surface area contributed by atoms with E-state index in [9.17, 15) is 10.1 Å². The number of rotatable bonds is 3. The predicted molar refractivity (Wildman–Crippen MR) is 72.7 cm³/mol. The highest BCUT2D eigenvalue weighted by molar-refractivity contribution is 14.1. The van der Waals surface area contributed by atoms with Crippen molar-refractivity contribution in [1.29, 1.82) is 0 Å². The number of aromatic nitrogens is 2. The van der Waals surface area contributed by atoms with Crippen molar-refractivity contribution in [3.05, 3.63) is 49.8 Å². The highest BCUT2D eigenvalue weighted by Gasteiger charge is 2.11. The average Bonchev–Trinajstić information content (AvgIpc) is 2.34. The van der Waals surface area contributed by atoms with Crippen LogP contribution < -0.4 is 4.74 Å². The van der Waals surface area contributed by atoms with Gasteiger partial charge in [0.05, 0.1) is 11.0 Å². The van der Waals surface area contributed by atoms with Gasteiger partial charge in [0.2, 0.25) is 0 Å². The van der Waals surface area contributed by atoms with Crippen molar-refractivity contribution in [2.45, 2.75) is 6.92 Å². The number of nitrogens with zero attached hydrogens (tertiary/aromatic N) is 3. The van der Waals surface area contributed by atoms with Crippen molar-refractivity contribution in [1.82, 2.24) is 9.97 Å². The lowest BCUT2D eigenvalue weighted by Crippen LogP contribution is -1.95. The summed E-state index contributed by atoms with van der Waals surface area (Å²) < 4.78 is 6.31. The molecule has 7 heteroatoms. The molecule has 0 fully saturated rings. The number of hydrogen-bond acceptors (Lipinski definition) is 5. The molecule has 1 heterocycles. The molecule has 0 aliphatic rings. The van der Waals surface area contributed by atoms with Crippen molar-refractivity contribution in [3.8, 4) is 11.8 Å². The van der Waals surface area contributed by atoms with Crippen LogP contribution >= 0.6 is 22.6 Å². The van der Waals surface area contributed by atoms with Gasteiger partial charge in [-0.1, -0.05) is 0 Å². The van der Waals surface area contributed by atoms with Crippen LogP contribution in [0.2, 0.25) is 0 Å². The van der Waals surface area contributed by atoms with Crippen LogP contribution in [0.3, 0.4) is 0 Å². The van der Waals surface area contributed by atoms with Gasteiger partial charge in [0.15, 0.2) is 0 Å². The molecular formula is C11H8IN3O3. The van der Waals surface area contributed by atoms with Gasteiger partial charge in [0.25, 0.3) is 5.69 Å². The second kappa shape index (κ2) is 5.25. The van der Waals surface area contributed by atoms with Gasteiger partial charge < -0.3 is 4.74 Å². The van der Waals surface area contributed by atoms with E-state index in [0.29, 0.717) is 5.75 Å². The Bertz CT molecular complexity index is 587. The lowest BCUT2D eigenvalue weighted by Gasteiger charge is -2.06. The highest BCUT2D eigenvalue weighted by atomic mass is 127. The Kier molecular flexibility index (Phi) is 3.70. The van der Waals surface area contributed by atoms with Crippen LogP contribution in [-0.4, -0.2) is 14.9 Å². The zero-order valence-electron chi connectivity index (χ0n) is 9.33. The largest absolute Gasteiger partial charge is 0.424 e. The van der Waals surface area contributed by atoms with Gasteiger partial charge in [0.1, 0.15) is 5.75 Å². The minimum Gasteiger partial charge on any atom is -0.424 e. The molecule has 2 aromatic rings. The molecule has 0 radical (unpaired) electrons. The van der Waals surface area contributed by atoms with E-state index in [4.69, 9.17) is 4.74 Å². The Morgan fingerprint density at radius 1 is 1.33 bits per heavy atom. The molecule has 18 heavy (non-hydrogen) atoms. The first kappa shape index (κ1) is 12.7. The van der Waals surface area contributed by atoms with Crippen LogP contribution in [0.1, 0.15) is 5.56 Å². The summed E-state index contributed by atoms with van der Waals surface area (Å²) in [4.78, 5) is 18.2. The maximum atomic E-state index is 10.7. The topological polar surface area (TPSA) is 78.2 Å². The lowest BCUT2D eigenvalue weighted by atomic mass is 10.2. The zero-order valence-corrected chi connectivity index (χ0v) is 11.5. The van der Waals surface area contributed by atoms with E-state index in [1.54, 1.807) is 25.4 Å². The fraction of sp³-hybridized carbons (Fsp3) is 0.0909. The van der Waals surface area contributed by atoms with E-state index in [2.05, 4.69) is 32.6 Å². The SMILES string of the molecule is Cc1ccc([N+](=O)[O-])cc1Oc1ncc(I)cn1. The van der Waals surface area contributed by atoms with Crippen LogP contribution in [0.15, 0.2) is 30.6 Å². The number of benzene rings is 1. The first-order chi connectivity index (χ1) is 8.56. The maximum Gasteiger partial charge on any atom is 0.321 e. The number of hydrogen-bond donors (Lipinski definition) is 0. The monoisotopic (exact) mass is 357 g/mol. The fourth-order valence-electron chi connectivity index (χ4n) is 1.26. The third kappa shape index (κ3) is 2.92. The fourth-order valence-corrected chi connectivity index (χ4v) is 1.54. The van der Waals surface area contributed by atoms with Gasteiger partial charge in [-0.15, -0.1) is 0 Å². The summed E-state index contributed by atoms with van der Waals surface area (Å²) in [6, 6.07) is 4.58. The van der Waals surface area contributed by atoms with Gasteiger partial charge in [0, 0.05) is 22.0 Å². The maximum absolute atomic E-state index is 10.7. The van der Waals surface area contributed by atoms with E-state index in [1.165, 1.54) is 12.1 Å². The lowest BCUT2D eigenvalue weighted by molar-refractivity contribution is -0.384. The first-order valence-electron chi connectivity index (χ1n) is 4.96. The van der Waals surface area contributed by atoms with Crippen molar-refractivity contribution in [3.63, 3.8) is 0 Å². The Morgan fingerprint density at radius 3 is 2.61 bits per heavy atom. The molecule has 0 saturated carbocycles.